The minimum atomic E-state index is -0.383. The van der Waals surface area contributed by atoms with Gasteiger partial charge < -0.3 is 14.8 Å². The molecule has 2 aromatic carbocycles. The van der Waals surface area contributed by atoms with Gasteiger partial charge in [0.1, 0.15) is 17.4 Å². The first-order chi connectivity index (χ1) is 14.0. The van der Waals surface area contributed by atoms with Gasteiger partial charge in [-0.25, -0.2) is 9.78 Å². The monoisotopic (exact) mass is 410 g/mol. The molecule has 1 heterocycles. The first-order valence-electron chi connectivity index (χ1n) is 9.10. The van der Waals surface area contributed by atoms with Crippen molar-refractivity contribution in [1.82, 2.24) is 10.3 Å². The largest absolute Gasteiger partial charge is 0.486 e. The van der Waals surface area contributed by atoms with Gasteiger partial charge in [0.15, 0.2) is 0 Å². The van der Waals surface area contributed by atoms with E-state index in [9.17, 15) is 9.59 Å². The van der Waals surface area contributed by atoms with Crippen LogP contribution in [0, 0.1) is 6.92 Å². The van der Waals surface area contributed by atoms with Gasteiger partial charge in [-0.3, -0.25) is 4.79 Å². The molecule has 0 unspecified atom stereocenters. The minimum Gasteiger partial charge on any atom is -0.486 e. The van der Waals surface area contributed by atoms with Crippen LogP contribution in [0.2, 0.25) is 0 Å². The number of hydrogen-bond donors (Lipinski definition) is 1. The standard InChI is InChI=1S/C22H22N2O4S/c1-15-3-9-19(10-4-15)28-13-21-24-18(14-29-21)11-20(25)23-12-16-5-7-17(8-6-16)22(26)27-2/h3-10,14H,11-13H2,1-2H3,(H,23,25). The number of benzene rings is 2. The van der Waals surface area contributed by atoms with Crippen LogP contribution >= 0.6 is 11.3 Å². The molecule has 0 bridgehead atoms. The predicted molar refractivity (Wildman–Crippen MR) is 111 cm³/mol. The van der Waals surface area contributed by atoms with Gasteiger partial charge in [-0.05, 0) is 36.8 Å². The van der Waals surface area contributed by atoms with E-state index in [1.807, 2.05) is 36.6 Å². The summed E-state index contributed by atoms with van der Waals surface area (Å²) in [5.74, 6) is 0.299. The number of ether oxygens (including phenoxy) is 2. The van der Waals surface area contributed by atoms with Gasteiger partial charge in [-0.15, -0.1) is 11.3 Å². The highest BCUT2D eigenvalue weighted by Crippen LogP contribution is 2.16. The summed E-state index contributed by atoms with van der Waals surface area (Å²) in [5.41, 5.74) is 3.28. The van der Waals surface area contributed by atoms with E-state index in [2.05, 4.69) is 15.0 Å². The van der Waals surface area contributed by atoms with Crippen LogP contribution in [0.4, 0.5) is 0 Å². The molecular weight excluding hydrogens is 388 g/mol. The Morgan fingerprint density at radius 2 is 1.79 bits per heavy atom. The van der Waals surface area contributed by atoms with Gasteiger partial charge in [0.2, 0.25) is 5.91 Å². The van der Waals surface area contributed by atoms with E-state index in [0.717, 1.165) is 22.0 Å². The van der Waals surface area contributed by atoms with Crippen molar-refractivity contribution < 1.29 is 19.1 Å². The van der Waals surface area contributed by atoms with E-state index >= 15 is 0 Å². The zero-order valence-electron chi connectivity index (χ0n) is 16.3. The number of esters is 1. The van der Waals surface area contributed by atoms with E-state index in [1.165, 1.54) is 24.0 Å². The van der Waals surface area contributed by atoms with E-state index in [-0.39, 0.29) is 18.3 Å². The average molecular weight is 410 g/mol. The number of nitrogens with one attached hydrogen (secondary N) is 1. The molecule has 0 saturated heterocycles. The molecule has 0 radical (unpaired) electrons. The Bertz CT molecular complexity index is 965. The van der Waals surface area contributed by atoms with Gasteiger partial charge in [0.05, 0.1) is 24.8 Å². The summed E-state index contributed by atoms with van der Waals surface area (Å²) in [7, 11) is 1.34. The van der Waals surface area contributed by atoms with Crippen molar-refractivity contribution in [3.63, 3.8) is 0 Å². The topological polar surface area (TPSA) is 77.5 Å². The van der Waals surface area contributed by atoms with Crippen molar-refractivity contribution in [3.8, 4) is 5.75 Å². The molecule has 29 heavy (non-hydrogen) atoms. The van der Waals surface area contributed by atoms with Gasteiger partial charge in [0, 0.05) is 11.9 Å². The van der Waals surface area contributed by atoms with Gasteiger partial charge >= 0.3 is 5.97 Å². The molecule has 6 nitrogen and oxygen atoms in total. The molecule has 3 rings (SSSR count). The van der Waals surface area contributed by atoms with Gasteiger partial charge in [-0.2, -0.15) is 0 Å². The average Bonchev–Trinajstić information content (AvgIpc) is 3.19. The molecule has 0 saturated carbocycles. The summed E-state index contributed by atoms with van der Waals surface area (Å²) in [6.45, 7) is 2.79. The Morgan fingerprint density at radius 1 is 1.07 bits per heavy atom. The Balaban J connectivity index is 1.45. The van der Waals surface area contributed by atoms with Crippen molar-refractivity contribution >= 4 is 23.2 Å². The number of amides is 1. The van der Waals surface area contributed by atoms with Crippen LogP contribution in [0.25, 0.3) is 0 Å². The smallest absolute Gasteiger partial charge is 0.337 e. The normalized spacial score (nSPS) is 10.4. The van der Waals surface area contributed by atoms with Crippen LogP contribution in [0.15, 0.2) is 53.9 Å². The molecule has 1 N–H and O–H groups in total. The highest BCUT2D eigenvalue weighted by molar-refractivity contribution is 7.09. The van der Waals surface area contributed by atoms with Crippen LogP contribution in [-0.2, 0) is 29.1 Å². The third-order valence-corrected chi connectivity index (χ3v) is 5.06. The Hall–Kier alpha value is -3.19. The van der Waals surface area contributed by atoms with Crippen molar-refractivity contribution in [1.29, 1.82) is 0 Å². The van der Waals surface area contributed by atoms with Crippen molar-refractivity contribution in [2.24, 2.45) is 0 Å². The number of aryl methyl sites for hydroxylation is 1. The highest BCUT2D eigenvalue weighted by Gasteiger charge is 2.09. The molecule has 3 aromatic rings. The lowest BCUT2D eigenvalue weighted by molar-refractivity contribution is -0.120. The predicted octanol–water partition coefficient (Wildman–Crippen LogP) is 3.68. The third-order valence-electron chi connectivity index (χ3n) is 4.19. The van der Waals surface area contributed by atoms with Crippen LogP contribution in [0.1, 0.15) is 32.2 Å². The lowest BCUT2D eigenvalue weighted by Gasteiger charge is -2.05. The van der Waals surface area contributed by atoms with E-state index in [0.29, 0.717) is 18.7 Å². The third kappa shape index (κ3) is 6.15. The zero-order valence-corrected chi connectivity index (χ0v) is 17.1. The Labute approximate surface area is 173 Å². The van der Waals surface area contributed by atoms with E-state index in [1.54, 1.807) is 24.3 Å². The number of thiazole rings is 1. The quantitative estimate of drug-likeness (QED) is 0.573. The number of methoxy groups -OCH3 is 1. The maximum atomic E-state index is 12.2. The summed E-state index contributed by atoms with van der Waals surface area (Å²) in [6.07, 6.45) is 0.210. The Morgan fingerprint density at radius 3 is 2.48 bits per heavy atom. The maximum absolute atomic E-state index is 12.2. The van der Waals surface area contributed by atoms with Crippen molar-refractivity contribution in [2.75, 3.05) is 7.11 Å². The zero-order chi connectivity index (χ0) is 20.6. The van der Waals surface area contributed by atoms with Crippen LogP contribution in [-0.4, -0.2) is 24.0 Å². The number of aromatic nitrogens is 1. The molecule has 1 aromatic heterocycles. The SMILES string of the molecule is COC(=O)c1ccc(CNC(=O)Cc2csc(COc3ccc(C)cc3)n2)cc1. The second kappa shape index (κ2) is 9.84. The molecular formula is C22H22N2O4S. The number of nitrogens with zero attached hydrogens (tertiary/aromatic N) is 1. The molecule has 0 spiro atoms. The number of carbonyl (C=O) groups is 2. The number of rotatable bonds is 8. The van der Waals surface area contributed by atoms with E-state index in [4.69, 9.17) is 4.74 Å². The van der Waals surface area contributed by atoms with Crippen LogP contribution < -0.4 is 10.1 Å². The molecule has 1 amide bonds. The maximum Gasteiger partial charge on any atom is 0.337 e. The van der Waals surface area contributed by atoms with Crippen molar-refractivity contribution in [2.45, 2.75) is 26.5 Å². The second-order valence-corrected chi connectivity index (χ2v) is 7.42. The summed E-state index contributed by atoms with van der Waals surface area (Å²) < 4.78 is 10.4. The molecule has 0 aliphatic heterocycles. The first-order valence-corrected chi connectivity index (χ1v) is 9.98. The molecule has 0 fully saturated rings. The van der Waals surface area contributed by atoms with Gasteiger partial charge in [0.25, 0.3) is 0 Å². The fourth-order valence-electron chi connectivity index (χ4n) is 2.58. The minimum absolute atomic E-state index is 0.113. The fraction of sp³-hybridized carbons (Fsp3) is 0.227. The Kier molecular flexibility index (Phi) is 6.97. The molecule has 7 heteroatoms. The number of carbonyl (C=O) groups excluding carboxylic acids is 2. The molecule has 0 atom stereocenters. The summed E-state index contributed by atoms with van der Waals surface area (Å²) in [4.78, 5) is 28.1. The first kappa shape index (κ1) is 20.5. The molecule has 0 aliphatic carbocycles. The fourth-order valence-corrected chi connectivity index (χ4v) is 3.29. The second-order valence-electron chi connectivity index (χ2n) is 6.48. The molecule has 0 aliphatic rings. The van der Waals surface area contributed by atoms with Gasteiger partial charge in [-0.1, -0.05) is 29.8 Å². The highest BCUT2D eigenvalue weighted by atomic mass is 32.1. The number of hydrogen-bond acceptors (Lipinski definition) is 6. The lowest BCUT2D eigenvalue weighted by Crippen LogP contribution is -2.24. The lowest BCUT2D eigenvalue weighted by atomic mass is 10.1. The molecule has 150 valence electrons. The van der Waals surface area contributed by atoms with E-state index < -0.39 is 0 Å². The van der Waals surface area contributed by atoms with Crippen LogP contribution in [0.3, 0.4) is 0 Å². The summed E-state index contributed by atoms with van der Waals surface area (Å²) in [6, 6.07) is 14.8. The van der Waals surface area contributed by atoms with Crippen molar-refractivity contribution in [3.05, 3.63) is 81.3 Å². The van der Waals surface area contributed by atoms with Crippen LogP contribution in [0.5, 0.6) is 5.75 Å². The summed E-state index contributed by atoms with van der Waals surface area (Å²) >= 11 is 1.47. The summed E-state index contributed by atoms with van der Waals surface area (Å²) in [5, 5.41) is 5.56.